The number of hydrogen-bond donors (Lipinski definition) is 3. The van der Waals surface area contributed by atoms with Crippen LogP contribution in [-0.2, 0) is 9.53 Å². The summed E-state index contributed by atoms with van der Waals surface area (Å²) in [6, 6.07) is 15.2. The van der Waals surface area contributed by atoms with Crippen LogP contribution in [0.15, 0.2) is 54.6 Å². The molecule has 140 valence electrons. The molecule has 1 aliphatic rings. The molecule has 7 heteroatoms. The lowest BCUT2D eigenvalue weighted by molar-refractivity contribution is -0.138. The van der Waals surface area contributed by atoms with Crippen LogP contribution in [0, 0.1) is 0 Å². The topological polar surface area (TPSA) is 105 Å². The van der Waals surface area contributed by atoms with E-state index >= 15 is 0 Å². The molecule has 3 rings (SSSR count). The van der Waals surface area contributed by atoms with Crippen molar-refractivity contribution < 1.29 is 24.2 Å². The van der Waals surface area contributed by atoms with E-state index in [0.29, 0.717) is 29.8 Å². The molecule has 1 aliphatic heterocycles. The minimum absolute atomic E-state index is 0.177. The van der Waals surface area contributed by atoms with E-state index in [4.69, 9.17) is 9.84 Å². The highest BCUT2D eigenvalue weighted by molar-refractivity contribution is 6.04. The van der Waals surface area contributed by atoms with Crippen LogP contribution in [0.4, 0.5) is 5.69 Å². The molecule has 0 saturated carbocycles. The van der Waals surface area contributed by atoms with Crippen molar-refractivity contribution in [3.63, 3.8) is 0 Å². The molecule has 2 aromatic carbocycles. The molecule has 0 radical (unpaired) electrons. The second-order valence-corrected chi connectivity index (χ2v) is 6.51. The van der Waals surface area contributed by atoms with Crippen molar-refractivity contribution in [1.82, 2.24) is 5.32 Å². The Labute approximate surface area is 156 Å². The Hall–Kier alpha value is -3.19. The van der Waals surface area contributed by atoms with Crippen molar-refractivity contribution in [2.45, 2.75) is 18.4 Å². The van der Waals surface area contributed by atoms with E-state index in [9.17, 15) is 14.4 Å². The predicted octanol–water partition coefficient (Wildman–Crippen LogP) is 2.30. The molecule has 1 atom stereocenters. The van der Waals surface area contributed by atoms with E-state index in [1.165, 1.54) is 0 Å². The lowest BCUT2D eigenvalue weighted by atomic mass is 9.93. The summed E-state index contributed by atoms with van der Waals surface area (Å²) in [6.07, 6.45) is 0.264. The first kappa shape index (κ1) is 18.6. The lowest BCUT2D eigenvalue weighted by Gasteiger charge is -2.27. The fraction of sp³-hybridized carbons (Fsp3) is 0.250. The number of rotatable bonds is 6. The van der Waals surface area contributed by atoms with Crippen molar-refractivity contribution >= 4 is 23.5 Å². The van der Waals surface area contributed by atoms with Gasteiger partial charge in [0.1, 0.15) is 0 Å². The maximum Gasteiger partial charge on any atom is 0.305 e. The average molecular weight is 368 g/mol. The number of benzene rings is 2. The first-order valence-electron chi connectivity index (χ1n) is 8.56. The molecule has 2 aromatic rings. The SMILES string of the molecule is O=C(O)CC1(NC(=O)c2ccc(NC(=O)c3ccccc3)cc2)CCOC1. The Morgan fingerprint density at radius 2 is 1.63 bits per heavy atom. The number of anilines is 1. The fourth-order valence-electron chi connectivity index (χ4n) is 2.99. The number of ether oxygens (including phenoxy) is 1. The van der Waals surface area contributed by atoms with E-state index < -0.39 is 11.5 Å². The fourth-order valence-corrected chi connectivity index (χ4v) is 2.99. The van der Waals surface area contributed by atoms with Crippen LogP contribution >= 0.6 is 0 Å². The summed E-state index contributed by atoms with van der Waals surface area (Å²) >= 11 is 0. The third kappa shape index (κ3) is 4.71. The van der Waals surface area contributed by atoms with E-state index in [-0.39, 0.29) is 24.8 Å². The van der Waals surface area contributed by atoms with Gasteiger partial charge in [0.05, 0.1) is 18.6 Å². The molecule has 0 bridgehead atoms. The quantitative estimate of drug-likeness (QED) is 0.726. The molecular formula is C20H20N2O5. The Morgan fingerprint density at radius 1 is 0.963 bits per heavy atom. The van der Waals surface area contributed by atoms with Crippen molar-refractivity contribution in [1.29, 1.82) is 0 Å². The molecule has 1 saturated heterocycles. The summed E-state index contributed by atoms with van der Waals surface area (Å²) in [5.41, 5.74) is 0.591. The maximum atomic E-state index is 12.5. The van der Waals surface area contributed by atoms with Crippen LogP contribution in [0.1, 0.15) is 33.6 Å². The zero-order valence-corrected chi connectivity index (χ0v) is 14.6. The van der Waals surface area contributed by atoms with Crippen LogP contribution in [0.5, 0.6) is 0 Å². The predicted molar refractivity (Wildman–Crippen MR) is 98.7 cm³/mol. The summed E-state index contributed by atoms with van der Waals surface area (Å²) in [5.74, 6) is -1.60. The van der Waals surface area contributed by atoms with Gasteiger partial charge in [-0.25, -0.2) is 0 Å². The number of amides is 2. The van der Waals surface area contributed by atoms with Crippen LogP contribution in [0.2, 0.25) is 0 Å². The minimum atomic E-state index is -0.986. The van der Waals surface area contributed by atoms with E-state index in [2.05, 4.69) is 10.6 Å². The zero-order valence-electron chi connectivity index (χ0n) is 14.6. The molecule has 1 heterocycles. The number of carbonyl (C=O) groups excluding carboxylic acids is 2. The Bertz CT molecular complexity index is 827. The normalized spacial score (nSPS) is 18.7. The smallest absolute Gasteiger partial charge is 0.305 e. The number of carboxylic acid groups (broad SMARTS) is 1. The number of nitrogens with one attached hydrogen (secondary N) is 2. The summed E-state index contributed by atoms with van der Waals surface area (Å²) in [6.45, 7) is 0.592. The highest BCUT2D eigenvalue weighted by atomic mass is 16.5. The Balaban J connectivity index is 1.65. The largest absolute Gasteiger partial charge is 0.481 e. The summed E-state index contributed by atoms with van der Waals surface area (Å²) in [5, 5.41) is 14.6. The summed E-state index contributed by atoms with van der Waals surface area (Å²) < 4.78 is 5.28. The molecule has 3 N–H and O–H groups in total. The standard InChI is InChI=1S/C20H20N2O5/c23-17(24)12-20(10-11-27-13-20)22-19(26)15-6-8-16(9-7-15)21-18(25)14-4-2-1-3-5-14/h1-9H,10-13H2,(H,21,25)(H,22,26)(H,23,24). The second kappa shape index (κ2) is 8.01. The van der Waals surface area contributed by atoms with Crippen LogP contribution < -0.4 is 10.6 Å². The van der Waals surface area contributed by atoms with Gasteiger partial charge in [0, 0.05) is 23.4 Å². The van der Waals surface area contributed by atoms with Crippen molar-refractivity contribution in [3.8, 4) is 0 Å². The Morgan fingerprint density at radius 3 is 2.22 bits per heavy atom. The highest BCUT2D eigenvalue weighted by Gasteiger charge is 2.38. The minimum Gasteiger partial charge on any atom is -0.481 e. The molecule has 0 aromatic heterocycles. The van der Waals surface area contributed by atoms with Gasteiger partial charge < -0.3 is 20.5 Å². The van der Waals surface area contributed by atoms with Gasteiger partial charge in [0.15, 0.2) is 0 Å². The van der Waals surface area contributed by atoms with Crippen molar-refractivity contribution in [3.05, 3.63) is 65.7 Å². The van der Waals surface area contributed by atoms with Crippen molar-refractivity contribution in [2.75, 3.05) is 18.5 Å². The van der Waals surface area contributed by atoms with Crippen LogP contribution in [0.3, 0.4) is 0 Å². The van der Waals surface area contributed by atoms with Gasteiger partial charge in [-0.1, -0.05) is 18.2 Å². The average Bonchev–Trinajstić information content (AvgIpc) is 3.10. The van der Waals surface area contributed by atoms with E-state index in [1.807, 2.05) is 6.07 Å². The molecule has 0 aliphatic carbocycles. The summed E-state index contributed by atoms with van der Waals surface area (Å²) in [4.78, 5) is 35.7. The summed E-state index contributed by atoms with van der Waals surface area (Å²) in [7, 11) is 0. The third-order valence-corrected chi connectivity index (χ3v) is 4.41. The maximum absolute atomic E-state index is 12.5. The molecular weight excluding hydrogens is 348 g/mol. The molecule has 0 spiro atoms. The van der Waals surface area contributed by atoms with Gasteiger partial charge in [0.2, 0.25) is 0 Å². The van der Waals surface area contributed by atoms with Crippen LogP contribution in [-0.4, -0.2) is 41.6 Å². The first-order chi connectivity index (χ1) is 13.0. The highest BCUT2D eigenvalue weighted by Crippen LogP contribution is 2.23. The van der Waals surface area contributed by atoms with Gasteiger partial charge in [-0.05, 0) is 42.8 Å². The van der Waals surface area contributed by atoms with Crippen molar-refractivity contribution in [2.24, 2.45) is 0 Å². The monoisotopic (exact) mass is 368 g/mol. The number of carbonyl (C=O) groups is 3. The molecule has 1 fully saturated rings. The third-order valence-electron chi connectivity index (χ3n) is 4.41. The molecule has 2 amide bonds. The number of carboxylic acids is 1. The number of aliphatic carboxylic acids is 1. The first-order valence-corrected chi connectivity index (χ1v) is 8.56. The second-order valence-electron chi connectivity index (χ2n) is 6.51. The molecule has 7 nitrogen and oxygen atoms in total. The van der Waals surface area contributed by atoms with Gasteiger partial charge in [-0.3, -0.25) is 14.4 Å². The van der Waals surface area contributed by atoms with Gasteiger partial charge in [0.25, 0.3) is 11.8 Å². The van der Waals surface area contributed by atoms with Gasteiger partial charge >= 0.3 is 5.97 Å². The van der Waals surface area contributed by atoms with E-state index in [0.717, 1.165) is 0 Å². The molecule has 27 heavy (non-hydrogen) atoms. The number of hydrogen-bond acceptors (Lipinski definition) is 4. The zero-order chi connectivity index (χ0) is 19.3. The van der Waals surface area contributed by atoms with Crippen LogP contribution in [0.25, 0.3) is 0 Å². The van der Waals surface area contributed by atoms with Gasteiger partial charge in [-0.15, -0.1) is 0 Å². The lowest BCUT2D eigenvalue weighted by Crippen LogP contribution is -2.50. The van der Waals surface area contributed by atoms with Gasteiger partial charge in [-0.2, -0.15) is 0 Å². The Kier molecular flexibility index (Phi) is 5.52. The van der Waals surface area contributed by atoms with E-state index in [1.54, 1.807) is 48.5 Å². The molecule has 1 unspecified atom stereocenters.